The summed E-state index contributed by atoms with van der Waals surface area (Å²) in [6.07, 6.45) is 7.71. The molecule has 5 heteroatoms. The van der Waals surface area contributed by atoms with Crippen LogP contribution in [0, 0.1) is 19.8 Å². The summed E-state index contributed by atoms with van der Waals surface area (Å²) in [6, 6.07) is 5.55. The molecular weight excluding hydrogens is 290 g/mol. The minimum atomic E-state index is -0.289. The number of aromatic nitrogens is 3. The second kappa shape index (κ2) is 6.94. The summed E-state index contributed by atoms with van der Waals surface area (Å²) in [5.74, 6) is 0.942. The van der Waals surface area contributed by atoms with Gasteiger partial charge in [0.05, 0.1) is 17.9 Å². The molecule has 0 radical (unpaired) electrons. The predicted octanol–water partition coefficient (Wildman–Crippen LogP) is 3.62. The van der Waals surface area contributed by atoms with Crippen LogP contribution in [0.4, 0.5) is 0 Å². The molecule has 5 nitrogen and oxygen atoms in total. The van der Waals surface area contributed by atoms with Crippen molar-refractivity contribution < 1.29 is 9.53 Å². The molecule has 122 valence electrons. The van der Waals surface area contributed by atoms with E-state index in [2.05, 4.69) is 10.1 Å². The van der Waals surface area contributed by atoms with Crippen molar-refractivity contribution in [3.05, 3.63) is 41.3 Å². The van der Waals surface area contributed by atoms with Crippen LogP contribution in [0.1, 0.15) is 53.8 Å². The fourth-order valence-corrected chi connectivity index (χ4v) is 3.12. The molecule has 0 aromatic carbocycles. The Morgan fingerprint density at radius 3 is 2.65 bits per heavy atom. The number of rotatable bonds is 4. The summed E-state index contributed by atoms with van der Waals surface area (Å²) in [6.45, 7) is 4.45. The number of pyridine rings is 1. The van der Waals surface area contributed by atoms with Crippen molar-refractivity contribution in [2.75, 3.05) is 6.61 Å². The number of hydrogen-bond donors (Lipinski definition) is 0. The van der Waals surface area contributed by atoms with Crippen LogP contribution in [0.3, 0.4) is 0 Å². The van der Waals surface area contributed by atoms with E-state index >= 15 is 0 Å². The lowest BCUT2D eigenvalue weighted by Gasteiger charge is -2.20. The summed E-state index contributed by atoms with van der Waals surface area (Å²) in [5.41, 5.74) is 2.45. The van der Waals surface area contributed by atoms with E-state index in [-0.39, 0.29) is 5.97 Å². The summed E-state index contributed by atoms with van der Waals surface area (Å²) in [5, 5.41) is 4.39. The number of esters is 1. The molecular formula is C18H23N3O2. The van der Waals surface area contributed by atoms with Crippen LogP contribution in [0.15, 0.2) is 24.4 Å². The van der Waals surface area contributed by atoms with Crippen molar-refractivity contribution in [2.45, 2.75) is 46.0 Å². The zero-order valence-electron chi connectivity index (χ0n) is 13.8. The van der Waals surface area contributed by atoms with Gasteiger partial charge in [0.2, 0.25) is 0 Å². The van der Waals surface area contributed by atoms with Crippen LogP contribution in [-0.2, 0) is 4.74 Å². The first-order chi connectivity index (χ1) is 11.1. The monoisotopic (exact) mass is 313 g/mol. The molecule has 0 spiro atoms. The predicted molar refractivity (Wildman–Crippen MR) is 87.7 cm³/mol. The Labute approximate surface area is 136 Å². The summed E-state index contributed by atoms with van der Waals surface area (Å²) in [7, 11) is 0. The average Bonchev–Trinajstić information content (AvgIpc) is 2.92. The molecule has 1 aliphatic carbocycles. The highest BCUT2D eigenvalue weighted by Gasteiger charge is 2.16. The second-order valence-electron chi connectivity index (χ2n) is 6.35. The normalized spacial score (nSPS) is 15.6. The number of ether oxygens (including phenoxy) is 1. The molecule has 0 saturated heterocycles. The minimum Gasteiger partial charge on any atom is -0.462 e. The topological polar surface area (TPSA) is 57.0 Å². The summed E-state index contributed by atoms with van der Waals surface area (Å²) >= 11 is 0. The number of carbonyl (C=O) groups excluding carboxylic acids is 1. The van der Waals surface area contributed by atoms with Crippen molar-refractivity contribution in [1.82, 2.24) is 14.8 Å². The van der Waals surface area contributed by atoms with Gasteiger partial charge in [-0.1, -0.05) is 19.3 Å². The fraction of sp³-hybridized carbons (Fsp3) is 0.500. The number of aryl methyl sites for hydroxylation is 2. The van der Waals surface area contributed by atoms with Gasteiger partial charge in [-0.25, -0.2) is 14.5 Å². The van der Waals surface area contributed by atoms with Crippen molar-refractivity contribution in [3.63, 3.8) is 0 Å². The Hall–Kier alpha value is -2.17. The molecule has 23 heavy (non-hydrogen) atoms. The minimum absolute atomic E-state index is 0.289. The first kappa shape index (κ1) is 15.7. The van der Waals surface area contributed by atoms with Crippen molar-refractivity contribution >= 4 is 5.97 Å². The van der Waals surface area contributed by atoms with Gasteiger partial charge in [-0.15, -0.1) is 0 Å². The molecule has 2 aromatic heterocycles. The van der Waals surface area contributed by atoms with Gasteiger partial charge in [-0.05, 0) is 50.8 Å². The highest BCUT2D eigenvalue weighted by Crippen LogP contribution is 2.24. The molecule has 2 heterocycles. The molecule has 3 rings (SSSR count). The number of carbonyl (C=O) groups is 1. The van der Waals surface area contributed by atoms with Gasteiger partial charge >= 0.3 is 5.97 Å². The van der Waals surface area contributed by atoms with Crippen LogP contribution in [0.2, 0.25) is 0 Å². The first-order valence-electron chi connectivity index (χ1n) is 8.30. The van der Waals surface area contributed by atoms with E-state index in [4.69, 9.17) is 4.74 Å². The largest absolute Gasteiger partial charge is 0.462 e. The smallest absolute Gasteiger partial charge is 0.339 e. The molecule has 2 aromatic rings. The molecule has 1 saturated carbocycles. The second-order valence-corrected chi connectivity index (χ2v) is 6.35. The quantitative estimate of drug-likeness (QED) is 0.809. The number of hydrogen-bond acceptors (Lipinski definition) is 4. The molecule has 1 fully saturated rings. The average molecular weight is 313 g/mol. The molecule has 0 atom stereocenters. The van der Waals surface area contributed by atoms with E-state index in [0.29, 0.717) is 23.9 Å². The van der Waals surface area contributed by atoms with Gasteiger partial charge in [-0.2, -0.15) is 5.10 Å². The van der Waals surface area contributed by atoms with Gasteiger partial charge in [0, 0.05) is 11.9 Å². The van der Waals surface area contributed by atoms with Crippen molar-refractivity contribution in [1.29, 1.82) is 0 Å². The molecule has 0 amide bonds. The Morgan fingerprint density at radius 1 is 1.26 bits per heavy atom. The zero-order valence-corrected chi connectivity index (χ0v) is 13.8. The molecule has 0 N–H and O–H groups in total. The maximum absolute atomic E-state index is 12.1. The third-order valence-corrected chi connectivity index (χ3v) is 4.39. The van der Waals surface area contributed by atoms with Crippen LogP contribution in [0.25, 0.3) is 5.82 Å². The first-order valence-corrected chi connectivity index (χ1v) is 8.30. The van der Waals surface area contributed by atoms with E-state index in [1.54, 1.807) is 23.0 Å². The lowest BCUT2D eigenvalue weighted by Crippen LogP contribution is -2.17. The molecule has 0 aliphatic heterocycles. The van der Waals surface area contributed by atoms with Gasteiger partial charge < -0.3 is 4.74 Å². The van der Waals surface area contributed by atoms with Crippen molar-refractivity contribution in [3.8, 4) is 5.82 Å². The third kappa shape index (κ3) is 3.78. The summed E-state index contributed by atoms with van der Waals surface area (Å²) < 4.78 is 7.21. The zero-order chi connectivity index (χ0) is 16.2. The fourth-order valence-electron chi connectivity index (χ4n) is 3.12. The molecule has 0 unspecified atom stereocenters. The van der Waals surface area contributed by atoms with Gasteiger partial charge in [-0.3, -0.25) is 0 Å². The lowest BCUT2D eigenvalue weighted by molar-refractivity contribution is 0.0410. The van der Waals surface area contributed by atoms with Crippen molar-refractivity contribution in [2.24, 2.45) is 5.92 Å². The Morgan fingerprint density at radius 2 is 2.04 bits per heavy atom. The standard InChI is InChI=1S/C18H23N3O2/c1-13-10-14(2)21(20-13)17-9-8-16(11-19-17)18(22)23-12-15-6-4-3-5-7-15/h8-11,15H,3-7,12H2,1-2H3. The maximum atomic E-state index is 12.1. The molecule has 0 bridgehead atoms. The van der Waals surface area contributed by atoms with E-state index in [9.17, 15) is 4.79 Å². The Bertz CT molecular complexity index is 670. The highest BCUT2D eigenvalue weighted by atomic mass is 16.5. The van der Waals surface area contributed by atoms with E-state index < -0.39 is 0 Å². The Kier molecular flexibility index (Phi) is 4.74. The summed E-state index contributed by atoms with van der Waals surface area (Å²) in [4.78, 5) is 16.5. The number of nitrogens with zero attached hydrogens (tertiary/aromatic N) is 3. The van der Waals surface area contributed by atoms with Crippen LogP contribution in [-0.4, -0.2) is 27.3 Å². The third-order valence-electron chi connectivity index (χ3n) is 4.39. The molecule has 1 aliphatic rings. The van der Waals surface area contributed by atoms with Gasteiger partial charge in [0.15, 0.2) is 5.82 Å². The van der Waals surface area contributed by atoms with Crippen LogP contribution >= 0.6 is 0 Å². The van der Waals surface area contributed by atoms with E-state index in [1.807, 2.05) is 19.9 Å². The van der Waals surface area contributed by atoms with Crippen LogP contribution < -0.4 is 0 Å². The van der Waals surface area contributed by atoms with E-state index in [1.165, 1.54) is 32.1 Å². The SMILES string of the molecule is Cc1cc(C)n(-c2ccc(C(=O)OCC3CCCCC3)cn2)n1. The van der Waals surface area contributed by atoms with Gasteiger partial charge in [0.25, 0.3) is 0 Å². The highest BCUT2D eigenvalue weighted by molar-refractivity contribution is 5.89. The lowest BCUT2D eigenvalue weighted by atomic mass is 9.90. The van der Waals surface area contributed by atoms with E-state index in [0.717, 1.165) is 11.4 Å². The maximum Gasteiger partial charge on any atom is 0.339 e. The van der Waals surface area contributed by atoms with Gasteiger partial charge in [0.1, 0.15) is 0 Å². The Balaban J connectivity index is 1.62. The van der Waals surface area contributed by atoms with Crippen LogP contribution in [0.5, 0.6) is 0 Å².